The maximum Gasteiger partial charge on any atom is 0.192 e. The van der Waals surface area contributed by atoms with Gasteiger partial charge in [0.1, 0.15) is 6.61 Å². The van der Waals surface area contributed by atoms with Gasteiger partial charge in [-0.25, -0.2) is 0 Å². The molecule has 1 aromatic heterocycles. The van der Waals surface area contributed by atoms with Crippen LogP contribution in [0.5, 0.6) is 11.5 Å². The topological polar surface area (TPSA) is 69.5 Å². The fourth-order valence-corrected chi connectivity index (χ4v) is 5.42. The van der Waals surface area contributed by atoms with E-state index in [0.29, 0.717) is 23.3 Å². The zero-order chi connectivity index (χ0) is 24.0. The Morgan fingerprint density at radius 3 is 2.59 bits per heavy atom. The van der Waals surface area contributed by atoms with Crippen LogP contribution in [0, 0.1) is 0 Å². The number of carbonyl (C=O) groups excluding carboxylic acids is 1. The van der Waals surface area contributed by atoms with E-state index in [1.165, 1.54) is 17.3 Å². The van der Waals surface area contributed by atoms with E-state index in [4.69, 9.17) is 9.47 Å². The largest absolute Gasteiger partial charge is 0.485 e. The summed E-state index contributed by atoms with van der Waals surface area (Å²) in [6.07, 6.45) is 1.42. The van der Waals surface area contributed by atoms with Crippen molar-refractivity contribution in [1.29, 1.82) is 0 Å². The number of rotatable bonds is 5. The van der Waals surface area contributed by atoms with Crippen molar-refractivity contribution in [3.63, 3.8) is 0 Å². The Balaban J connectivity index is 1.32. The number of thioether (sulfide) groups is 1. The van der Waals surface area contributed by atoms with E-state index >= 15 is 0 Å². The summed E-state index contributed by atoms with van der Waals surface area (Å²) in [6.45, 7) is 6.58. The third-order valence-electron chi connectivity index (χ3n) is 6.57. The van der Waals surface area contributed by atoms with Crippen LogP contribution in [-0.2, 0) is 17.3 Å². The molecule has 0 saturated heterocycles. The summed E-state index contributed by atoms with van der Waals surface area (Å²) in [4.78, 5) is 15.3. The number of hydrogen-bond donors (Lipinski definition) is 0. The summed E-state index contributed by atoms with van der Waals surface area (Å²) in [5, 5.41) is 9.02. The normalized spacial score (nSPS) is 20.3. The Kier molecular flexibility index (Phi) is 5.64. The highest BCUT2D eigenvalue weighted by molar-refractivity contribution is 8.00. The van der Waals surface area contributed by atoms with Crippen LogP contribution in [0.3, 0.4) is 0 Å². The maximum absolute atomic E-state index is 13.2. The quantitative estimate of drug-likeness (QED) is 0.391. The van der Waals surface area contributed by atoms with Gasteiger partial charge in [0.25, 0.3) is 0 Å². The van der Waals surface area contributed by atoms with Gasteiger partial charge < -0.3 is 18.9 Å². The Morgan fingerprint density at radius 1 is 1.12 bits per heavy atom. The number of para-hydroxylation sites is 3. The van der Waals surface area contributed by atoms with Crippen LogP contribution in [0.1, 0.15) is 38.3 Å². The smallest absolute Gasteiger partial charge is 0.192 e. The first-order chi connectivity index (χ1) is 16.3. The van der Waals surface area contributed by atoms with Gasteiger partial charge >= 0.3 is 0 Å². The molecule has 2 aliphatic rings. The van der Waals surface area contributed by atoms with Crippen molar-refractivity contribution >= 4 is 23.2 Å². The Morgan fingerprint density at radius 2 is 1.82 bits per heavy atom. The first-order valence-corrected chi connectivity index (χ1v) is 12.2. The molecule has 2 aromatic carbocycles. The lowest BCUT2D eigenvalue weighted by molar-refractivity contribution is -0.114. The second kappa shape index (κ2) is 8.51. The summed E-state index contributed by atoms with van der Waals surface area (Å²) in [5.74, 6) is 2.13. The van der Waals surface area contributed by atoms with Crippen molar-refractivity contribution in [1.82, 2.24) is 14.8 Å². The number of carbonyl (C=O) groups is 1. The highest BCUT2D eigenvalue weighted by Crippen LogP contribution is 2.46. The lowest BCUT2D eigenvalue weighted by Crippen LogP contribution is -2.25. The van der Waals surface area contributed by atoms with E-state index in [9.17, 15) is 4.79 Å². The molecule has 0 saturated carbocycles. The van der Waals surface area contributed by atoms with Crippen molar-refractivity contribution in [2.24, 2.45) is 7.05 Å². The average molecular weight is 477 g/mol. The molecule has 0 radical (unpaired) electrons. The summed E-state index contributed by atoms with van der Waals surface area (Å²) < 4.78 is 13.8. The first-order valence-electron chi connectivity index (χ1n) is 11.3. The number of fused-ring (bicyclic) bond motifs is 2. The van der Waals surface area contributed by atoms with Gasteiger partial charge in [0, 0.05) is 37.0 Å². The molecule has 2 aliphatic heterocycles. The summed E-state index contributed by atoms with van der Waals surface area (Å²) in [6, 6.07) is 15.9. The second-order valence-electron chi connectivity index (χ2n) is 9.16. The molecule has 3 heterocycles. The van der Waals surface area contributed by atoms with Gasteiger partial charge in [0.2, 0.25) is 0 Å². The van der Waals surface area contributed by atoms with E-state index in [1.54, 1.807) is 6.08 Å². The van der Waals surface area contributed by atoms with Crippen LogP contribution in [0.25, 0.3) is 0 Å². The highest BCUT2D eigenvalue weighted by Gasteiger charge is 2.39. The number of allylic oxidation sites excluding steroid dienone is 2. The number of aromatic nitrogens is 3. The Hall–Kier alpha value is -3.26. The first kappa shape index (κ1) is 22.5. The molecule has 0 N–H and O–H groups in total. The van der Waals surface area contributed by atoms with Crippen molar-refractivity contribution in [2.75, 3.05) is 18.6 Å². The van der Waals surface area contributed by atoms with Gasteiger partial charge in [-0.3, -0.25) is 4.79 Å². The molecule has 0 spiro atoms. The number of ketones is 1. The molecule has 8 heteroatoms. The third-order valence-corrected chi connectivity index (χ3v) is 7.72. The van der Waals surface area contributed by atoms with Crippen molar-refractivity contribution in [3.8, 4) is 11.5 Å². The Labute approximate surface area is 203 Å². The van der Waals surface area contributed by atoms with Crippen molar-refractivity contribution in [2.45, 2.75) is 42.7 Å². The molecule has 2 atom stereocenters. The minimum absolute atomic E-state index is 0.0449. The molecule has 176 valence electrons. The molecule has 0 amide bonds. The molecule has 7 nitrogen and oxygen atoms in total. The molecular weight excluding hydrogens is 448 g/mol. The molecule has 3 aromatic rings. The monoisotopic (exact) mass is 476 g/mol. The minimum Gasteiger partial charge on any atom is -0.485 e. The van der Waals surface area contributed by atoms with Gasteiger partial charge in [-0.15, -0.1) is 10.2 Å². The van der Waals surface area contributed by atoms with Crippen LogP contribution in [0.15, 0.2) is 65.5 Å². The molecule has 34 heavy (non-hydrogen) atoms. The minimum atomic E-state index is -0.360. The molecule has 0 bridgehead atoms. The molecular formula is C26H28N4O3S. The van der Waals surface area contributed by atoms with Crippen molar-refractivity contribution in [3.05, 3.63) is 71.7 Å². The molecule has 0 aliphatic carbocycles. The molecule has 5 rings (SSSR count). The van der Waals surface area contributed by atoms with Gasteiger partial charge in [0.05, 0.1) is 5.25 Å². The number of likely N-dealkylation sites (N-methyl/N-ethyl adjacent to an activating group) is 1. The predicted octanol–water partition coefficient (Wildman–Crippen LogP) is 4.69. The van der Waals surface area contributed by atoms with Gasteiger partial charge in [-0.05, 0) is 30.7 Å². The maximum atomic E-state index is 13.2. The standard InChI is InChI=1S/C26H28N4O3S/c1-16(19(31)14-23-26(2,3)17-10-6-7-11-18(17)29(23)4)34-25-28-27-24(30(25)5)22-15-32-20-12-8-9-13-21(20)33-22/h6-14,16,22H,15H2,1-5H3/b23-14+. The Bertz CT molecular complexity index is 1280. The van der Waals surface area contributed by atoms with Crippen LogP contribution < -0.4 is 14.4 Å². The van der Waals surface area contributed by atoms with Crippen molar-refractivity contribution < 1.29 is 14.3 Å². The lowest BCUT2D eigenvalue weighted by atomic mass is 9.83. The third kappa shape index (κ3) is 3.76. The number of benzene rings is 2. The molecule has 0 fully saturated rings. The average Bonchev–Trinajstić information content (AvgIpc) is 3.29. The van der Waals surface area contributed by atoms with Crippen LogP contribution in [-0.4, -0.2) is 39.5 Å². The summed E-state index contributed by atoms with van der Waals surface area (Å²) in [7, 11) is 3.91. The van der Waals surface area contributed by atoms with E-state index in [1.807, 2.05) is 62.0 Å². The van der Waals surface area contributed by atoms with E-state index in [2.05, 4.69) is 41.1 Å². The summed E-state index contributed by atoms with van der Waals surface area (Å²) >= 11 is 1.40. The molecule has 2 unspecified atom stereocenters. The number of anilines is 1. The number of ether oxygens (including phenoxy) is 2. The highest BCUT2D eigenvalue weighted by atomic mass is 32.2. The van der Waals surface area contributed by atoms with E-state index in [-0.39, 0.29) is 22.6 Å². The van der Waals surface area contributed by atoms with E-state index in [0.717, 1.165) is 17.1 Å². The zero-order valence-corrected chi connectivity index (χ0v) is 20.8. The van der Waals surface area contributed by atoms with Gasteiger partial charge in [-0.1, -0.05) is 55.9 Å². The number of nitrogens with zero attached hydrogens (tertiary/aromatic N) is 4. The fraction of sp³-hybridized carbons (Fsp3) is 0.346. The van der Waals surface area contributed by atoms with Crippen LogP contribution in [0.4, 0.5) is 5.69 Å². The van der Waals surface area contributed by atoms with Gasteiger partial charge in [0.15, 0.2) is 34.4 Å². The SMILES string of the molecule is CC(Sc1nnc(C2COc3ccccc3O2)n1C)C(=O)/C=C1/N(C)c2ccccc2C1(C)C. The van der Waals surface area contributed by atoms with Crippen LogP contribution in [0.2, 0.25) is 0 Å². The summed E-state index contributed by atoms with van der Waals surface area (Å²) in [5.41, 5.74) is 3.13. The predicted molar refractivity (Wildman–Crippen MR) is 133 cm³/mol. The number of hydrogen-bond acceptors (Lipinski definition) is 7. The lowest BCUT2D eigenvalue weighted by Gasteiger charge is -2.25. The second-order valence-corrected chi connectivity index (χ2v) is 10.5. The van der Waals surface area contributed by atoms with E-state index < -0.39 is 0 Å². The van der Waals surface area contributed by atoms with Crippen LogP contribution >= 0.6 is 11.8 Å². The van der Waals surface area contributed by atoms with Gasteiger partial charge in [-0.2, -0.15) is 0 Å². The fourth-order valence-electron chi connectivity index (χ4n) is 4.58. The zero-order valence-electron chi connectivity index (χ0n) is 20.0.